The minimum atomic E-state index is 0.828. The fourth-order valence-electron chi connectivity index (χ4n) is 3.15. The van der Waals surface area contributed by atoms with Crippen LogP contribution in [0.5, 0.6) is 0 Å². The second kappa shape index (κ2) is 2.51. The number of ether oxygens (including phenoxy) is 1. The van der Waals surface area contributed by atoms with Crippen LogP contribution in [0.3, 0.4) is 0 Å². The van der Waals surface area contributed by atoms with Crippen molar-refractivity contribution in [3.05, 3.63) is 11.3 Å². The normalized spacial score (nSPS) is 39.3. The third-order valence-electron chi connectivity index (χ3n) is 3.77. The summed E-state index contributed by atoms with van der Waals surface area (Å²) < 4.78 is 5.75. The van der Waals surface area contributed by atoms with Crippen LogP contribution < -0.4 is 0 Å². The highest BCUT2D eigenvalue weighted by Gasteiger charge is 2.36. The molecule has 3 rings (SSSR count). The lowest BCUT2D eigenvalue weighted by molar-refractivity contribution is 0.241. The molecule has 0 aromatic rings. The van der Waals surface area contributed by atoms with Crippen molar-refractivity contribution >= 4 is 0 Å². The minimum Gasteiger partial charge on any atom is -0.498 e. The predicted octanol–water partition coefficient (Wildman–Crippen LogP) is 2.87. The Balaban J connectivity index is 2.00. The van der Waals surface area contributed by atoms with Gasteiger partial charge in [0, 0.05) is 5.92 Å². The Bertz CT molecular complexity index is 205. The quantitative estimate of drug-likeness (QED) is 0.535. The molecule has 2 atom stereocenters. The van der Waals surface area contributed by atoms with E-state index in [1.165, 1.54) is 44.3 Å². The molecule has 1 saturated heterocycles. The van der Waals surface area contributed by atoms with Crippen LogP contribution in [0.2, 0.25) is 0 Å². The van der Waals surface area contributed by atoms with E-state index in [0.717, 1.165) is 18.4 Å². The first-order valence-electron chi connectivity index (χ1n) is 5.31. The number of rotatable bonds is 0. The third-order valence-corrected chi connectivity index (χ3v) is 3.77. The molecule has 1 heterocycles. The molecule has 12 heavy (non-hydrogen) atoms. The fourth-order valence-corrected chi connectivity index (χ4v) is 3.15. The summed E-state index contributed by atoms with van der Waals surface area (Å²) in [5.41, 5.74) is 1.71. The standard InChI is InChI=1S/C11H16O/c1-2-8-4-5-9-6-7-12-11(9)10(8)3-1/h8-9H,1-7H2. The van der Waals surface area contributed by atoms with Crippen molar-refractivity contribution in [3.63, 3.8) is 0 Å². The lowest BCUT2D eigenvalue weighted by Crippen LogP contribution is -2.13. The van der Waals surface area contributed by atoms with Crippen LogP contribution in [0, 0.1) is 11.8 Å². The van der Waals surface area contributed by atoms with E-state index < -0.39 is 0 Å². The summed E-state index contributed by atoms with van der Waals surface area (Å²) in [6.45, 7) is 0.996. The van der Waals surface area contributed by atoms with Gasteiger partial charge in [-0.25, -0.2) is 0 Å². The average molecular weight is 164 g/mol. The zero-order chi connectivity index (χ0) is 7.97. The maximum absolute atomic E-state index is 5.75. The van der Waals surface area contributed by atoms with E-state index in [-0.39, 0.29) is 0 Å². The van der Waals surface area contributed by atoms with Gasteiger partial charge >= 0.3 is 0 Å². The van der Waals surface area contributed by atoms with Gasteiger partial charge in [0.1, 0.15) is 0 Å². The molecule has 0 N–H and O–H groups in total. The van der Waals surface area contributed by atoms with Crippen molar-refractivity contribution in [2.24, 2.45) is 11.8 Å². The van der Waals surface area contributed by atoms with Crippen LogP contribution in [0.1, 0.15) is 38.5 Å². The fraction of sp³-hybridized carbons (Fsp3) is 0.818. The summed E-state index contributed by atoms with van der Waals surface area (Å²) in [6, 6.07) is 0. The zero-order valence-electron chi connectivity index (χ0n) is 7.51. The smallest absolute Gasteiger partial charge is 0.0986 e. The van der Waals surface area contributed by atoms with Gasteiger partial charge < -0.3 is 4.74 Å². The van der Waals surface area contributed by atoms with Gasteiger partial charge in [0.15, 0.2) is 0 Å². The first kappa shape index (κ1) is 6.99. The Labute approximate surface area is 73.8 Å². The van der Waals surface area contributed by atoms with Crippen LogP contribution in [-0.2, 0) is 4.74 Å². The van der Waals surface area contributed by atoms with Crippen LogP contribution in [-0.4, -0.2) is 6.61 Å². The highest BCUT2D eigenvalue weighted by atomic mass is 16.5. The summed E-state index contributed by atoms with van der Waals surface area (Å²) >= 11 is 0. The highest BCUT2D eigenvalue weighted by Crippen LogP contribution is 2.47. The van der Waals surface area contributed by atoms with Gasteiger partial charge in [0.2, 0.25) is 0 Å². The molecule has 0 aromatic carbocycles. The van der Waals surface area contributed by atoms with E-state index in [4.69, 9.17) is 4.74 Å². The number of fused-ring (bicyclic) bond motifs is 2. The van der Waals surface area contributed by atoms with Crippen molar-refractivity contribution in [2.75, 3.05) is 6.61 Å². The molecule has 1 aliphatic heterocycles. The first-order chi connectivity index (χ1) is 5.95. The van der Waals surface area contributed by atoms with Crippen molar-refractivity contribution < 1.29 is 4.74 Å². The van der Waals surface area contributed by atoms with Gasteiger partial charge in [-0.05, 0) is 50.0 Å². The molecule has 0 spiro atoms. The van der Waals surface area contributed by atoms with Gasteiger partial charge in [0.05, 0.1) is 12.4 Å². The number of hydrogen-bond donors (Lipinski definition) is 0. The van der Waals surface area contributed by atoms with Crippen LogP contribution >= 0.6 is 0 Å². The summed E-state index contributed by atoms with van der Waals surface area (Å²) in [4.78, 5) is 0. The Morgan fingerprint density at radius 3 is 2.92 bits per heavy atom. The van der Waals surface area contributed by atoms with Gasteiger partial charge in [-0.3, -0.25) is 0 Å². The summed E-state index contributed by atoms with van der Waals surface area (Å²) in [5.74, 6) is 3.19. The van der Waals surface area contributed by atoms with Crippen molar-refractivity contribution in [2.45, 2.75) is 38.5 Å². The minimum absolute atomic E-state index is 0.828. The van der Waals surface area contributed by atoms with Crippen molar-refractivity contribution in [3.8, 4) is 0 Å². The molecule has 2 unspecified atom stereocenters. The van der Waals surface area contributed by atoms with Crippen molar-refractivity contribution in [1.29, 1.82) is 0 Å². The monoisotopic (exact) mass is 164 g/mol. The van der Waals surface area contributed by atoms with Gasteiger partial charge in [-0.1, -0.05) is 0 Å². The molecule has 66 valence electrons. The summed E-state index contributed by atoms with van der Waals surface area (Å²) in [6.07, 6.45) is 8.35. The van der Waals surface area contributed by atoms with E-state index in [1.807, 2.05) is 0 Å². The third kappa shape index (κ3) is 0.854. The Morgan fingerprint density at radius 2 is 1.92 bits per heavy atom. The molecule has 0 bridgehead atoms. The van der Waals surface area contributed by atoms with E-state index in [1.54, 1.807) is 5.57 Å². The molecular formula is C11H16O. The maximum Gasteiger partial charge on any atom is 0.0986 e. The van der Waals surface area contributed by atoms with E-state index in [0.29, 0.717) is 0 Å². The molecule has 1 heteroatoms. The SMILES string of the molecule is C1CC2=C3OCCC3CCC2C1. The Kier molecular flexibility index (Phi) is 1.46. The number of allylic oxidation sites excluding steroid dienone is 2. The Morgan fingerprint density at radius 1 is 1.00 bits per heavy atom. The average Bonchev–Trinajstić information content (AvgIpc) is 2.71. The van der Waals surface area contributed by atoms with Crippen LogP contribution in [0.15, 0.2) is 11.3 Å². The lowest BCUT2D eigenvalue weighted by Gasteiger charge is -2.24. The van der Waals surface area contributed by atoms with Crippen LogP contribution in [0.4, 0.5) is 0 Å². The van der Waals surface area contributed by atoms with Gasteiger partial charge in [0.25, 0.3) is 0 Å². The molecule has 0 radical (unpaired) electrons. The zero-order valence-corrected chi connectivity index (χ0v) is 7.51. The van der Waals surface area contributed by atoms with E-state index >= 15 is 0 Å². The molecule has 2 aliphatic carbocycles. The Hall–Kier alpha value is -0.460. The predicted molar refractivity (Wildman–Crippen MR) is 47.7 cm³/mol. The van der Waals surface area contributed by atoms with Crippen LogP contribution in [0.25, 0.3) is 0 Å². The molecule has 2 fully saturated rings. The van der Waals surface area contributed by atoms with Crippen molar-refractivity contribution in [1.82, 2.24) is 0 Å². The molecule has 0 aromatic heterocycles. The summed E-state index contributed by atoms with van der Waals surface area (Å²) in [5, 5.41) is 0. The molecule has 1 nitrogen and oxygen atoms in total. The second-order valence-electron chi connectivity index (χ2n) is 4.39. The van der Waals surface area contributed by atoms with E-state index in [2.05, 4.69) is 0 Å². The second-order valence-corrected chi connectivity index (χ2v) is 4.39. The van der Waals surface area contributed by atoms with Gasteiger partial charge in [-0.15, -0.1) is 0 Å². The first-order valence-corrected chi connectivity index (χ1v) is 5.31. The highest BCUT2D eigenvalue weighted by molar-refractivity contribution is 5.22. The molecule has 1 saturated carbocycles. The molecule has 3 aliphatic rings. The van der Waals surface area contributed by atoms with E-state index in [9.17, 15) is 0 Å². The van der Waals surface area contributed by atoms with Gasteiger partial charge in [-0.2, -0.15) is 0 Å². The topological polar surface area (TPSA) is 9.23 Å². The maximum atomic E-state index is 5.75. The molecule has 0 amide bonds. The molecular weight excluding hydrogens is 148 g/mol. The largest absolute Gasteiger partial charge is 0.498 e. The lowest BCUT2D eigenvalue weighted by atomic mass is 9.82. The summed E-state index contributed by atoms with van der Waals surface area (Å²) in [7, 11) is 0. The number of hydrogen-bond acceptors (Lipinski definition) is 1.